The standard InChI is InChI=1S/C47H41NO3/c1-30-27-31(2)44(32(3)28-30)43-29-42-39-11-6-5-9-37(39)38-10-7-8-12-40(38)45(42)46-41(43)21-22-47(51-46,34-15-19-36(49-4)20-16-34)33-13-17-35(18-14-33)48-23-25-50-26-24-48/h5-22,27-29H,23-26H2,1-4H3. The van der Waals surface area contributed by atoms with Crippen LogP contribution in [0.5, 0.6) is 11.5 Å². The largest absolute Gasteiger partial charge is 0.497 e. The molecule has 0 N–H and O–H groups in total. The minimum atomic E-state index is -0.890. The first kappa shape index (κ1) is 31.4. The number of methoxy groups -OCH3 is 1. The predicted molar refractivity (Wildman–Crippen MR) is 212 cm³/mol. The van der Waals surface area contributed by atoms with Crippen LogP contribution in [0.3, 0.4) is 0 Å². The molecule has 51 heavy (non-hydrogen) atoms. The summed E-state index contributed by atoms with van der Waals surface area (Å²) in [5, 5.41) is 7.21. The van der Waals surface area contributed by atoms with Crippen molar-refractivity contribution in [3.05, 3.63) is 155 Å². The van der Waals surface area contributed by atoms with Gasteiger partial charge in [0.1, 0.15) is 11.5 Å². The molecule has 1 atom stereocenters. The van der Waals surface area contributed by atoms with E-state index < -0.39 is 5.60 Å². The highest BCUT2D eigenvalue weighted by Crippen LogP contribution is 2.52. The second-order valence-corrected chi connectivity index (χ2v) is 14.0. The van der Waals surface area contributed by atoms with Crippen LogP contribution in [0.1, 0.15) is 33.4 Å². The van der Waals surface area contributed by atoms with E-state index in [1.165, 1.54) is 60.4 Å². The Morgan fingerprint density at radius 2 is 1.22 bits per heavy atom. The number of nitrogens with zero attached hydrogens (tertiary/aromatic N) is 1. The van der Waals surface area contributed by atoms with Crippen molar-refractivity contribution in [2.75, 3.05) is 38.3 Å². The maximum Gasteiger partial charge on any atom is 0.178 e. The Labute approximate surface area is 299 Å². The number of fused-ring (bicyclic) bond motifs is 8. The third kappa shape index (κ3) is 5.08. The van der Waals surface area contributed by atoms with Gasteiger partial charge in [-0.3, -0.25) is 0 Å². The summed E-state index contributed by atoms with van der Waals surface area (Å²) in [6, 6.07) is 41.8. The first-order valence-corrected chi connectivity index (χ1v) is 17.9. The molecule has 9 rings (SSSR count). The summed E-state index contributed by atoms with van der Waals surface area (Å²) >= 11 is 0. The van der Waals surface area contributed by atoms with E-state index in [2.05, 4.69) is 141 Å². The first-order chi connectivity index (χ1) is 24.9. The molecule has 0 spiro atoms. The number of hydrogen-bond acceptors (Lipinski definition) is 4. The van der Waals surface area contributed by atoms with Crippen LogP contribution in [0, 0.1) is 20.8 Å². The van der Waals surface area contributed by atoms with E-state index in [-0.39, 0.29) is 0 Å². The number of anilines is 1. The van der Waals surface area contributed by atoms with Gasteiger partial charge in [-0.05, 0) is 112 Å². The average molecular weight is 668 g/mol. The molecule has 0 bridgehead atoms. The molecular formula is C47H41NO3. The van der Waals surface area contributed by atoms with Gasteiger partial charge in [0.2, 0.25) is 0 Å². The molecule has 4 nitrogen and oxygen atoms in total. The van der Waals surface area contributed by atoms with Gasteiger partial charge in [0, 0.05) is 40.9 Å². The van der Waals surface area contributed by atoms with Gasteiger partial charge >= 0.3 is 0 Å². The van der Waals surface area contributed by atoms with Crippen molar-refractivity contribution in [1.29, 1.82) is 0 Å². The predicted octanol–water partition coefficient (Wildman–Crippen LogP) is 10.9. The zero-order valence-corrected chi connectivity index (χ0v) is 29.6. The lowest BCUT2D eigenvalue weighted by Crippen LogP contribution is -2.37. The molecule has 0 aliphatic carbocycles. The van der Waals surface area contributed by atoms with Gasteiger partial charge in [0.15, 0.2) is 5.60 Å². The highest BCUT2D eigenvalue weighted by molar-refractivity contribution is 6.28. The lowest BCUT2D eigenvalue weighted by atomic mass is 9.80. The molecular weight excluding hydrogens is 627 g/mol. The number of benzene rings is 7. The van der Waals surface area contributed by atoms with E-state index in [1.807, 2.05) is 12.1 Å². The molecule has 1 fully saturated rings. The fraction of sp³-hybridized carbons (Fsp3) is 0.191. The maximum absolute atomic E-state index is 7.73. The van der Waals surface area contributed by atoms with Crippen molar-refractivity contribution in [3.63, 3.8) is 0 Å². The Hall–Kier alpha value is -5.58. The van der Waals surface area contributed by atoms with Crippen molar-refractivity contribution in [3.8, 4) is 22.6 Å². The fourth-order valence-electron chi connectivity index (χ4n) is 8.58. The van der Waals surface area contributed by atoms with E-state index in [0.29, 0.717) is 0 Å². The Kier molecular flexibility index (Phi) is 7.59. The Bertz CT molecular complexity index is 2470. The van der Waals surface area contributed by atoms with Gasteiger partial charge in [-0.15, -0.1) is 0 Å². The van der Waals surface area contributed by atoms with Crippen LogP contribution < -0.4 is 14.4 Å². The average Bonchev–Trinajstić information content (AvgIpc) is 3.17. The van der Waals surface area contributed by atoms with E-state index >= 15 is 0 Å². The molecule has 2 heterocycles. The van der Waals surface area contributed by atoms with Crippen LogP contribution >= 0.6 is 0 Å². The number of hydrogen-bond donors (Lipinski definition) is 0. The van der Waals surface area contributed by atoms with Crippen LogP contribution in [-0.4, -0.2) is 33.4 Å². The van der Waals surface area contributed by atoms with Crippen LogP contribution in [0.25, 0.3) is 49.5 Å². The second-order valence-electron chi connectivity index (χ2n) is 14.0. The van der Waals surface area contributed by atoms with Crippen LogP contribution in [-0.2, 0) is 10.3 Å². The Balaban J connectivity index is 1.36. The van der Waals surface area contributed by atoms with Gasteiger partial charge in [0.25, 0.3) is 0 Å². The first-order valence-electron chi connectivity index (χ1n) is 17.9. The van der Waals surface area contributed by atoms with Gasteiger partial charge in [-0.25, -0.2) is 0 Å². The summed E-state index contributed by atoms with van der Waals surface area (Å²) in [5.41, 5.74) is 9.76. The summed E-state index contributed by atoms with van der Waals surface area (Å²) in [5.74, 6) is 1.71. The topological polar surface area (TPSA) is 30.9 Å². The van der Waals surface area contributed by atoms with E-state index in [0.717, 1.165) is 59.9 Å². The summed E-state index contributed by atoms with van der Waals surface area (Å²) < 4.78 is 19.0. The maximum atomic E-state index is 7.73. The van der Waals surface area contributed by atoms with Crippen molar-refractivity contribution >= 4 is 44.1 Å². The smallest absolute Gasteiger partial charge is 0.178 e. The van der Waals surface area contributed by atoms with Gasteiger partial charge in [-0.1, -0.05) is 90.5 Å². The molecule has 0 aromatic heterocycles. The fourth-order valence-corrected chi connectivity index (χ4v) is 8.58. The molecule has 1 unspecified atom stereocenters. The zero-order valence-electron chi connectivity index (χ0n) is 29.6. The Morgan fingerprint density at radius 1 is 0.647 bits per heavy atom. The lowest BCUT2D eigenvalue weighted by molar-refractivity contribution is 0.122. The molecule has 2 aliphatic heterocycles. The molecule has 252 valence electrons. The Morgan fingerprint density at radius 3 is 1.84 bits per heavy atom. The van der Waals surface area contributed by atoms with E-state index in [4.69, 9.17) is 14.2 Å². The number of aryl methyl sites for hydroxylation is 3. The minimum absolute atomic E-state index is 0.748. The third-order valence-corrected chi connectivity index (χ3v) is 10.9. The van der Waals surface area contributed by atoms with Crippen molar-refractivity contribution in [1.82, 2.24) is 0 Å². The summed E-state index contributed by atoms with van der Waals surface area (Å²) in [4.78, 5) is 2.39. The SMILES string of the molecule is COc1ccc(C2(c3ccc(N4CCOCC4)cc3)C=Cc3c(-c4c(C)cc(C)cc4C)cc4c5ccccc5c5ccccc5c4c3O2)cc1. The number of ether oxygens (including phenoxy) is 3. The number of morpholine rings is 1. The van der Waals surface area contributed by atoms with E-state index in [1.54, 1.807) is 7.11 Å². The summed E-state index contributed by atoms with van der Waals surface area (Å²) in [6.07, 6.45) is 4.58. The summed E-state index contributed by atoms with van der Waals surface area (Å²) in [7, 11) is 1.71. The van der Waals surface area contributed by atoms with Crippen LogP contribution in [0.2, 0.25) is 0 Å². The molecule has 0 saturated carbocycles. The van der Waals surface area contributed by atoms with Gasteiger partial charge in [-0.2, -0.15) is 0 Å². The minimum Gasteiger partial charge on any atom is -0.497 e. The molecule has 7 aromatic carbocycles. The monoisotopic (exact) mass is 667 g/mol. The molecule has 1 saturated heterocycles. The summed E-state index contributed by atoms with van der Waals surface area (Å²) in [6.45, 7) is 9.91. The molecule has 2 aliphatic rings. The second kappa shape index (κ2) is 12.3. The molecule has 7 aromatic rings. The van der Waals surface area contributed by atoms with E-state index in [9.17, 15) is 0 Å². The van der Waals surface area contributed by atoms with Crippen molar-refractivity contribution in [2.45, 2.75) is 26.4 Å². The molecule has 0 amide bonds. The normalized spacial score (nSPS) is 17.1. The van der Waals surface area contributed by atoms with Gasteiger partial charge < -0.3 is 19.1 Å². The molecule has 4 heteroatoms. The van der Waals surface area contributed by atoms with Crippen molar-refractivity contribution in [2.24, 2.45) is 0 Å². The number of rotatable bonds is 5. The quantitative estimate of drug-likeness (QED) is 0.171. The third-order valence-electron chi connectivity index (χ3n) is 10.9. The van der Waals surface area contributed by atoms with Gasteiger partial charge in [0.05, 0.1) is 20.3 Å². The highest BCUT2D eigenvalue weighted by Gasteiger charge is 2.39. The lowest BCUT2D eigenvalue weighted by Gasteiger charge is -2.38. The zero-order chi connectivity index (χ0) is 34.7. The highest BCUT2D eigenvalue weighted by atomic mass is 16.5. The van der Waals surface area contributed by atoms with Crippen LogP contribution in [0.4, 0.5) is 5.69 Å². The van der Waals surface area contributed by atoms with Crippen LogP contribution in [0.15, 0.2) is 121 Å². The molecule has 0 radical (unpaired) electrons. The van der Waals surface area contributed by atoms with Crippen molar-refractivity contribution < 1.29 is 14.2 Å².